The normalized spacial score (nSPS) is 13.8. The molecule has 2 atom stereocenters. The monoisotopic (exact) mass is 541 g/mol. The van der Waals surface area contributed by atoms with Crippen LogP contribution in [0.2, 0.25) is 0 Å². The van der Waals surface area contributed by atoms with Crippen molar-refractivity contribution in [2.75, 3.05) is 6.26 Å². The van der Waals surface area contributed by atoms with Crippen LogP contribution in [0.3, 0.4) is 0 Å². The van der Waals surface area contributed by atoms with Gasteiger partial charge in [-0.3, -0.25) is 4.79 Å². The lowest BCUT2D eigenvalue weighted by Crippen LogP contribution is -2.28. The average molecular weight is 542 g/mol. The molecule has 0 aliphatic heterocycles. The number of rotatable bonds is 7. The van der Waals surface area contributed by atoms with E-state index in [1.807, 2.05) is 0 Å². The molecule has 0 saturated carbocycles. The summed E-state index contributed by atoms with van der Waals surface area (Å²) < 4.78 is 91.7. The minimum Gasteiger partial charge on any atom is -0.351 e. The molecule has 0 fully saturated rings. The van der Waals surface area contributed by atoms with Gasteiger partial charge in [-0.15, -0.1) is 0 Å². The van der Waals surface area contributed by atoms with Crippen LogP contribution in [0.5, 0.6) is 0 Å². The van der Waals surface area contributed by atoms with Gasteiger partial charge in [0.05, 0.1) is 11.6 Å². The molecule has 3 N–H and O–H groups in total. The van der Waals surface area contributed by atoms with Crippen molar-refractivity contribution in [2.45, 2.75) is 37.9 Å². The Morgan fingerprint density at radius 3 is 2.30 bits per heavy atom. The first-order valence-corrected chi connectivity index (χ1v) is 12.9. The predicted octanol–water partition coefficient (Wildman–Crippen LogP) is 4.78. The van der Waals surface area contributed by atoms with Gasteiger partial charge >= 0.3 is 6.18 Å². The first-order valence-electron chi connectivity index (χ1n) is 10.9. The molecule has 0 aliphatic carbocycles. The number of carbonyl (C=O) groups excluding carboxylic acids is 1. The fourth-order valence-electron chi connectivity index (χ4n) is 3.54. The fraction of sp³-hybridized carbons (Fsp3) is 0.280. The van der Waals surface area contributed by atoms with E-state index >= 15 is 0 Å². The summed E-state index contributed by atoms with van der Waals surface area (Å²) in [5.41, 5.74) is 4.86. The molecule has 0 aliphatic rings. The average Bonchev–Trinajstić information content (AvgIpc) is 2.82. The molecule has 0 radical (unpaired) electrons. The topological polar surface area (TPSA) is 102 Å². The number of nitrogens with one attached hydrogen (secondary N) is 1. The SMILES string of the molecule is Cc1ccc(-c2nc(C(F)(F)F)ccc2CNC(=O)C(C)c2ccc(C(N)S(C)(=O)=O)c(F)c2)cc1F. The van der Waals surface area contributed by atoms with Gasteiger partial charge in [0.25, 0.3) is 0 Å². The Hall–Kier alpha value is -3.38. The Balaban J connectivity index is 1.85. The first-order chi connectivity index (χ1) is 17.1. The largest absolute Gasteiger partial charge is 0.433 e. The Morgan fingerprint density at radius 1 is 1.05 bits per heavy atom. The summed E-state index contributed by atoms with van der Waals surface area (Å²) in [6.45, 7) is 2.74. The van der Waals surface area contributed by atoms with E-state index < -0.39 is 50.5 Å². The van der Waals surface area contributed by atoms with Crippen LogP contribution in [0.25, 0.3) is 11.3 Å². The molecule has 37 heavy (non-hydrogen) atoms. The number of amides is 1. The minimum atomic E-state index is -4.73. The number of pyridine rings is 1. The van der Waals surface area contributed by atoms with Gasteiger partial charge in [0, 0.05) is 23.9 Å². The number of nitrogens with zero attached hydrogens (tertiary/aromatic N) is 1. The zero-order valence-corrected chi connectivity index (χ0v) is 20.8. The summed E-state index contributed by atoms with van der Waals surface area (Å²) in [6, 6.07) is 9.37. The molecule has 0 saturated heterocycles. The highest BCUT2D eigenvalue weighted by molar-refractivity contribution is 7.90. The molecule has 3 aromatic rings. The van der Waals surface area contributed by atoms with E-state index in [-0.39, 0.29) is 34.5 Å². The number of hydrogen-bond acceptors (Lipinski definition) is 5. The summed E-state index contributed by atoms with van der Waals surface area (Å²) in [4.78, 5) is 16.4. The van der Waals surface area contributed by atoms with Crippen molar-refractivity contribution in [1.29, 1.82) is 0 Å². The van der Waals surface area contributed by atoms with E-state index in [1.54, 1.807) is 0 Å². The lowest BCUT2D eigenvalue weighted by molar-refractivity contribution is -0.141. The number of aromatic nitrogens is 1. The Kier molecular flexibility index (Phi) is 8.03. The standard InChI is InChI=1S/C25H24F5N3O3S/c1-13-4-5-16(11-19(13)26)22-17(7-9-21(33-22)25(28,29)30)12-32-24(34)14(2)15-6-8-18(20(27)10-15)23(31)37(3,35)36/h4-11,14,23H,12,31H2,1-3H3,(H,32,34). The van der Waals surface area contributed by atoms with E-state index in [0.717, 1.165) is 30.5 Å². The molecule has 12 heteroatoms. The van der Waals surface area contributed by atoms with Crippen molar-refractivity contribution in [3.63, 3.8) is 0 Å². The summed E-state index contributed by atoms with van der Waals surface area (Å²) in [7, 11) is -3.75. The van der Waals surface area contributed by atoms with Crippen LogP contribution in [0.1, 0.15) is 46.2 Å². The van der Waals surface area contributed by atoms with Crippen molar-refractivity contribution < 1.29 is 35.2 Å². The summed E-state index contributed by atoms with van der Waals surface area (Å²) in [6.07, 6.45) is -3.86. The van der Waals surface area contributed by atoms with E-state index in [9.17, 15) is 35.2 Å². The lowest BCUT2D eigenvalue weighted by atomic mass is 9.98. The van der Waals surface area contributed by atoms with Crippen LogP contribution in [0.4, 0.5) is 22.0 Å². The van der Waals surface area contributed by atoms with E-state index in [2.05, 4.69) is 10.3 Å². The molecule has 1 heterocycles. The van der Waals surface area contributed by atoms with Crippen molar-refractivity contribution in [3.05, 3.63) is 88.1 Å². The highest BCUT2D eigenvalue weighted by Gasteiger charge is 2.33. The summed E-state index contributed by atoms with van der Waals surface area (Å²) >= 11 is 0. The maximum atomic E-state index is 14.5. The molecule has 198 valence electrons. The number of benzene rings is 2. The van der Waals surface area contributed by atoms with Crippen LogP contribution >= 0.6 is 0 Å². The number of carbonyl (C=O) groups is 1. The molecule has 6 nitrogen and oxygen atoms in total. The van der Waals surface area contributed by atoms with Crippen LogP contribution in [0, 0.1) is 18.6 Å². The first kappa shape index (κ1) is 28.2. The quantitative estimate of drug-likeness (QED) is 0.420. The van der Waals surface area contributed by atoms with Gasteiger partial charge in [0.2, 0.25) is 5.91 Å². The van der Waals surface area contributed by atoms with Gasteiger partial charge in [-0.25, -0.2) is 22.2 Å². The predicted molar refractivity (Wildman–Crippen MR) is 128 cm³/mol. The number of alkyl halides is 3. The maximum Gasteiger partial charge on any atom is 0.433 e. The van der Waals surface area contributed by atoms with E-state index in [0.29, 0.717) is 5.56 Å². The Labute approximate surface area is 210 Å². The molecule has 1 aromatic heterocycles. The molecule has 1 amide bonds. The third-order valence-corrected chi connectivity index (χ3v) is 7.03. The second kappa shape index (κ2) is 10.5. The van der Waals surface area contributed by atoms with Crippen molar-refractivity contribution in [2.24, 2.45) is 5.73 Å². The second-order valence-electron chi connectivity index (χ2n) is 8.64. The van der Waals surface area contributed by atoms with Gasteiger partial charge < -0.3 is 11.1 Å². The third kappa shape index (κ3) is 6.50. The molecular weight excluding hydrogens is 517 g/mol. The summed E-state index contributed by atoms with van der Waals surface area (Å²) in [5, 5.41) is 1.01. The van der Waals surface area contributed by atoms with Gasteiger partial charge in [0.1, 0.15) is 22.7 Å². The fourth-order valence-corrected chi connectivity index (χ4v) is 4.19. The minimum absolute atomic E-state index is 0.103. The zero-order chi connectivity index (χ0) is 27.7. The molecule has 2 unspecified atom stereocenters. The van der Waals surface area contributed by atoms with Crippen molar-refractivity contribution in [3.8, 4) is 11.3 Å². The molecule has 3 rings (SSSR count). The molecule has 2 aromatic carbocycles. The Bertz CT molecular complexity index is 1440. The van der Waals surface area contributed by atoms with Gasteiger partial charge in [-0.05, 0) is 48.7 Å². The van der Waals surface area contributed by atoms with Crippen LogP contribution < -0.4 is 11.1 Å². The number of aryl methyl sites for hydroxylation is 1. The van der Waals surface area contributed by atoms with Crippen LogP contribution in [-0.2, 0) is 27.4 Å². The number of halogens is 5. The second-order valence-corrected chi connectivity index (χ2v) is 10.8. The van der Waals surface area contributed by atoms with Gasteiger partial charge in [-0.2, -0.15) is 13.2 Å². The van der Waals surface area contributed by atoms with Gasteiger partial charge in [-0.1, -0.05) is 30.3 Å². The molecule has 0 bridgehead atoms. The van der Waals surface area contributed by atoms with Crippen LogP contribution in [0.15, 0.2) is 48.5 Å². The maximum absolute atomic E-state index is 14.5. The smallest absolute Gasteiger partial charge is 0.351 e. The van der Waals surface area contributed by atoms with Crippen LogP contribution in [-0.4, -0.2) is 25.6 Å². The number of hydrogen-bond donors (Lipinski definition) is 2. The zero-order valence-electron chi connectivity index (χ0n) is 20.0. The number of nitrogens with two attached hydrogens (primary N) is 1. The van der Waals surface area contributed by atoms with Crippen molar-refractivity contribution >= 4 is 15.7 Å². The number of sulfone groups is 1. The van der Waals surface area contributed by atoms with Gasteiger partial charge in [0.15, 0.2) is 9.84 Å². The molecule has 0 spiro atoms. The van der Waals surface area contributed by atoms with Crippen molar-refractivity contribution in [1.82, 2.24) is 10.3 Å². The van der Waals surface area contributed by atoms with E-state index in [1.165, 1.54) is 38.1 Å². The molecular formula is C25H24F5N3O3S. The third-order valence-electron chi connectivity index (χ3n) is 5.85. The van der Waals surface area contributed by atoms with E-state index in [4.69, 9.17) is 5.73 Å². The summed E-state index contributed by atoms with van der Waals surface area (Å²) in [5.74, 6) is -3.01. The Morgan fingerprint density at radius 2 is 1.73 bits per heavy atom. The lowest BCUT2D eigenvalue weighted by Gasteiger charge is -2.17. The highest BCUT2D eigenvalue weighted by atomic mass is 32.2. The highest BCUT2D eigenvalue weighted by Crippen LogP contribution is 2.32.